The molecule has 1 fully saturated rings. The molecule has 0 amide bonds. The van der Waals surface area contributed by atoms with E-state index in [2.05, 4.69) is 25.3 Å². The molecule has 3 N–H and O–H groups in total. The molecule has 12 nitrogen and oxygen atoms in total. The molecule has 0 spiro atoms. The maximum atomic E-state index is 15.9. The van der Waals surface area contributed by atoms with E-state index >= 15 is 8.78 Å². The number of hydrogen-bond donors (Lipinski definition) is 3. The van der Waals surface area contributed by atoms with Crippen LogP contribution < -0.4 is 5.56 Å². The van der Waals surface area contributed by atoms with Gasteiger partial charge in [0, 0.05) is 30.4 Å². The van der Waals surface area contributed by atoms with E-state index in [-0.39, 0.29) is 45.4 Å². The number of allylic oxidation sites excluding steroid dienone is 2. The van der Waals surface area contributed by atoms with Crippen LogP contribution >= 0.6 is 11.6 Å². The molecule has 0 radical (unpaired) electrons. The summed E-state index contributed by atoms with van der Waals surface area (Å²) in [5.41, 5.74) is 0.0916. The van der Waals surface area contributed by atoms with Crippen LogP contribution in [0.4, 0.5) is 8.78 Å². The Kier molecular flexibility index (Phi) is 7.96. The minimum Gasteiger partial charge on any atom is -0.323 e. The number of halogens is 3. The first-order valence-electron chi connectivity index (χ1n) is 13.1. The van der Waals surface area contributed by atoms with Crippen molar-refractivity contribution in [3.05, 3.63) is 98.6 Å². The Morgan fingerprint density at radius 2 is 1.95 bits per heavy atom. The predicted octanol–water partition coefficient (Wildman–Crippen LogP) is 3.19. The fraction of sp³-hybridized carbons (Fsp3) is 0.286. The largest absolute Gasteiger partial charge is 0.405 e. The Bertz CT molecular complexity index is 1850. The van der Waals surface area contributed by atoms with Crippen molar-refractivity contribution >= 4 is 23.5 Å². The van der Waals surface area contributed by atoms with E-state index < -0.39 is 23.3 Å². The lowest BCUT2D eigenvalue weighted by molar-refractivity contribution is -0.387. The zero-order valence-corrected chi connectivity index (χ0v) is 24.1. The Balaban J connectivity index is 1.52. The minimum atomic E-state index is -3.26. The number of aliphatic hydroxyl groups is 3. The highest BCUT2D eigenvalue weighted by molar-refractivity contribution is 6.31. The van der Waals surface area contributed by atoms with Gasteiger partial charge in [0.25, 0.3) is 5.56 Å². The molecule has 1 aromatic carbocycles. The monoisotopic (exact) mass is 612 g/mol. The summed E-state index contributed by atoms with van der Waals surface area (Å²) in [6.45, 7) is 5.16. The quantitative estimate of drug-likeness (QED) is 0.202. The molecule has 0 aliphatic heterocycles. The van der Waals surface area contributed by atoms with Crippen molar-refractivity contribution in [3.63, 3.8) is 0 Å². The first-order valence-corrected chi connectivity index (χ1v) is 13.4. The molecule has 5 rings (SSSR count). The van der Waals surface area contributed by atoms with Gasteiger partial charge in [0.2, 0.25) is 0 Å². The molecular formula is C28H27ClF2N8O4. The van der Waals surface area contributed by atoms with Crippen LogP contribution in [0.2, 0.25) is 5.02 Å². The summed E-state index contributed by atoms with van der Waals surface area (Å²) < 4.78 is 34.0. The SMILES string of the molecule is C/C=C/N=C(/C(F)=C/n1c(C)cc(C2C(C)C2c2cnn(C(O)(O)O)n2)c(Cl)c1=O)c1cccc(-c2ncnn2C)c1F. The molecule has 15 heteroatoms. The maximum absolute atomic E-state index is 15.9. The number of hydrogen-bond acceptors (Lipinski definition) is 9. The van der Waals surface area contributed by atoms with E-state index in [4.69, 9.17) is 11.6 Å². The van der Waals surface area contributed by atoms with Crippen LogP contribution in [0.3, 0.4) is 0 Å². The van der Waals surface area contributed by atoms with Gasteiger partial charge in [-0.25, -0.2) is 18.4 Å². The molecule has 43 heavy (non-hydrogen) atoms. The molecule has 1 aliphatic rings. The number of nitrogens with zero attached hydrogens (tertiary/aromatic N) is 8. The van der Waals surface area contributed by atoms with E-state index in [1.165, 1.54) is 41.6 Å². The summed E-state index contributed by atoms with van der Waals surface area (Å²) in [7, 11) is 1.60. The molecule has 0 bridgehead atoms. The number of pyridine rings is 1. The third-order valence-electron chi connectivity index (χ3n) is 7.29. The highest BCUT2D eigenvalue weighted by Crippen LogP contribution is 2.60. The molecular weight excluding hydrogens is 586 g/mol. The Hall–Kier alpha value is -4.37. The summed E-state index contributed by atoms with van der Waals surface area (Å²) in [6, 6.07) is 6.05. The van der Waals surface area contributed by atoms with E-state index in [0.29, 0.717) is 21.7 Å². The highest BCUT2D eigenvalue weighted by atomic mass is 35.5. The summed E-state index contributed by atoms with van der Waals surface area (Å²) in [5.74, 6) is -2.13. The maximum Gasteiger partial charge on any atom is 0.405 e. The third-order valence-corrected chi connectivity index (χ3v) is 7.67. The number of benzene rings is 1. The second-order valence-electron chi connectivity index (χ2n) is 10.1. The van der Waals surface area contributed by atoms with Crippen LogP contribution in [0.1, 0.15) is 48.2 Å². The van der Waals surface area contributed by atoms with Crippen molar-refractivity contribution in [2.45, 2.75) is 38.7 Å². The van der Waals surface area contributed by atoms with Gasteiger partial charge in [0.05, 0.1) is 23.7 Å². The fourth-order valence-corrected chi connectivity index (χ4v) is 5.40. The van der Waals surface area contributed by atoms with Crippen LogP contribution in [-0.4, -0.2) is 55.4 Å². The van der Waals surface area contributed by atoms with Crippen LogP contribution in [0.5, 0.6) is 0 Å². The van der Waals surface area contributed by atoms with Crippen molar-refractivity contribution < 1.29 is 24.1 Å². The average Bonchev–Trinajstić information content (AvgIpc) is 3.27. The molecule has 1 aliphatic carbocycles. The summed E-state index contributed by atoms with van der Waals surface area (Å²) >= 11 is 6.52. The topological polar surface area (TPSA) is 156 Å². The average molecular weight is 613 g/mol. The van der Waals surface area contributed by atoms with Gasteiger partial charge in [0.15, 0.2) is 11.7 Å². The summed E-state index contributed by atoms with van der Waals surface area (Å²) in [6.07, 6.45) is 3.06. The van der Waals surface area contributed by atoms with Crippen molar-refractivity contribution in [2.24, 2.45) is 18.0 Å². The first-order chi connectivity index (χ1) is 20.3. The van der Waals surface area contributed by atoms with Crippen LogP contribution in [-0.2, 0) is 13.1 Å². The lowest BCUT2D eigenvalue weighted by Crippen LogP contribution is -2.34. The molecule has 3 atom stereocenters. The van der Waals surface area contributed by atoms with Crippen LogP contribution in [0, 0.1) is 18.7 Å². The zero-order valence-electron chi connectivity index (χ0n) is 23.4. The summed E-state index contributed by atoms with van der Waals surface area (Å²) in [4.78, 5) is 21.9. The van der Waals surface area contributed by atoms with Crippen molar-refractivity contribution in [2.75, 3.05) is 0 Å². The van der Waals surface area contributed by atoms with Gasteiger partial charge in [-0.15, -0.1) is 0 Å². The summed E-state index contributed by atoms with van der Waals surface area (Å²) in [5, 5.41) is 39.4. The van der Waals surface area contributed by atoms with Gasteiger partial charge in [-0.05, 0) is 49.4 Å². The van der Waals surface area contributed by atoms with Crippen molar-refractivity contribution in [3.8, 4) is 11.4 Å². The Morgan fingerprint density at radius 3 is 2.58 bits per heavy atom. The second-order valence-corrected chi connectivity index (χ2v) is 10.5. The minimum absolute atomic E-state index is 0.0567. The Morgan fingerprint density at radius 1 is 1.21 bits per heavy atom. The van der Waals surface area contributed by atoms with Crippen molar-refractivity contribution in [1.29, 1.82) is 0 Å². The van der Waals surface area contributed by atoms with E-state index in [1.807, 2.05) is 6.92 Å². The van der Waals surface area contributed by atoms with Gasteiger partial charge >= 0.3 is 6.10 Å². The first kappa shape index (κ1) is 30.1. The Labute approximate surface area is 248 Å². The van der Waals surface area contributed by atoms with E-state index in [1.54, 1.807) is 33.0 Å². The number of rotatable bonds is 8. The number of aryl methyl sites for hydroxylation is 2. The molecule has 3 aromatic heterocycles. The predicted molar refractivity (Wildman–Crippen MR) is 153 cm³/mol. The van der Waals surface area contributed by atoms with Gasteiger partial charge in [-0.1, -0.05) is 35.5 Å². The number of aliphatic imine (C=N–C) groups is 1. The van der Waals surface area contributed by atoms with Crippen LogP contribution in [0.15, 0.2) is 64.7 Å². The smallest absolute Gasteiger partial charge is 0.323 e. The standard InChI is InChI=1S/C28H27ClF2N8O4/c1-5-9-32-25(16-7-6-8-17(24(16)31)26-33-13-35-37(26)4)19(30)12-38-14(2)10-18(23(29)27(38)40)21-15(3)22(21)20-11-34-39(36-20)28(41,42)43/h5-13,15,21-22,41-43H,1-4H3/b9-5+,19-12-,32-25+. The molecule has 0 saturated heterocycles. The fourth-order valence-electron chi connectivity index (χ4n) is 5.13. The zero-order chi connectivity index (χ0) is 31.2. The lowest BCUT2D eigenvalue weighted by Gasteiger charge is -2.13. The van der Waals surface area contributed by atoms with E-state index in [0.717, 1.165) is 10.8 Å². The lowest BCUT2D eigenvalue weighted by atomic mass is 10.0. The molecule has 3 heterocycles. The molecule has 224 valence electrons. The molecule has 4 aromatic rings. The third kappa shape index (κ3) is 5.57. The van der Waals surface area contributed by atoms with Gasteiger partial charge < -0.3 is 15.3 Å². The van der Waals surface area contributed by atoms with Gasteiger partial charge in [0.1, 0.15) is 22.9 Å². The molecule has 1 saturated carbocycles. The van der Waals surface area contributed by atoms with Gasteiger partial charge in [-0.2, -0.15) is 15.3 Å². The molecule has 3 unspecified atom stereocenters. The second kappa shape index (κ2) is 11.4. The van der Waals surface area contributed by atoms with Crippen molar-refractivity contribution in [1.82, 2.24) is 34.3 Å². The number of aromatic nitrogens is 7. The van der Waals surface area contributed by atoms with Gasteiger partial charge in [-0.3, -0.25) is 14.4 Å². The van der Waals surface area contributed by atoms with E-state index in [9.17, 15) is 20.1 Å². The normalized spacial score (nSPS) is 19.4. The van der Waals surface area contributed by atoms with Crippen LogP contribution in [0.25, 0.3) is 17.6 Å². The highest BCUT2D eigenvalue weighted by Gasteiger charge is 2.51.